The van der Waals surface area contributed by atoms with Crippen molar-refractivity contribution in [3.8, 4) is 5.75 Å². The minimum absolute atomic E-state index is 0.0796. The normalized spacial score (nSPS) is 12.4. The largest absolute Gasteiger partial charge is 0.496 e. The van der Waals surface area contributed by atoms with Gasteiger partial charge < -0.3 is 20.8 Å². The molecule has 0 spiro atoms. The number of sulfonamides is 1. The molecule has 1 atom stereocenters. The Morgan fingerprint density at radius 3 is 2.68 bits per heavy atom. The summed E-state index contributed by atoms with van der Waals surface area (Å²) in [6, 6.07) is 23.4. The number of fused-ring (bicyclic) bond motifs is 2. The number of nitrogens with zero attached hydrogens (tertiary/aromatic N) is 2. The first-order chi connectivity index (χ1) is 21.2. The predicted molar refractivity (Wildman–Crippen MR) is 174 cm³/mol. The molecule has 1 amide bonds. The summed E-state index contributed by atoms with van der Waals surface area (Å²) in [5.41, 5.74) is 10.7. The maximum atomic E-state index is 13.1. The molecule has 0 bridgehead atoms. The molecule has 0 aliphatic heterocycles. The van der Waals surface area contributed by atoms with E-state index in [1.807, 2.05) is 66.9 Å². The molecule has 6 aromatic rings. The van der Waals surface area contributed by atoms with Gasteiger partial charge in [-0.25, -0.2) is 8.42 Å². The number of aromatic nitrogens is 3. The standard InChI is InChI=1S/C31H29ClN6O4S2/c1-42-26-11-5-10-25-29(26)30(37-44(40,41)28-13-12-27(32)43-28)36-38(25)18-20-7-4-6-19(14-20)16-35-31(39)23(33)15-21-17-34-24-9-3-2-8-22(21)24/h2-14,17,23,34H,15-16,18,33H2,1H3,(H,35,39)(H,36,37)/t23-/m0/s1. The molecule has 3 aromatic heterocycles. The lowest BCUT2D eigenvalue weighted by molar-refractivity contribution is -0.122. The summed E-state index contributed by atoms with van der Waals surface area (Å²) in [5.74, 6) is 0.389. The van der Waals surface area contributed by atoms with Gasteiger partial charge in [0, 0.05) is 23.6 Å². The van der Waals surface area contributed by atoms with E-state index in [4.69, 9.17) is 22.1 Å². The molecule has 0 radical (unpaired) electrons. The molecule has 6 rings (SSSR count). The van der Waals surface area contributed by atoms with Crippen LogP contribution in [0.4, 0.5) is 5.82 Å². The molecule has 0 fully saturated rings. The molecule has 0 aliphatic carbocycles. The Morgan fingerprint density at radius 1 is 1.09 bits per heavy atom. The number of carbonyl (C=O) groups is 1. The first-order valence-electron chi connectivity index (χ1n) is 13.7. The Kier molecular flexibility index (Phi) is 8.32. The third-order valence-corrected chi connectivity index (χ3v) is 10.3. The molecule has 0 saturated heterocycles. The Morgan fingerprint density at radius 2 is 1.89 bits per heavy atom. The lowest BCUT2D eigenvalue weighted by Gasteiger charge is -2.13. The number of rotatable bonds is 11. The van der Waals surface area contributed by atoms with Crippen LogP contribution in [0.15, 0.2) is 89.3 Å². The lowest BCUT2D eigenvalue weighted by Crippen LogP contribution is -2.41. The molecule has 0 unspecified atom stereocenters. The van der Waals surface area contributed by atoms with Crippen LogP contribution >= 0.6 is 22.9 Å². The summed E-state index contributed by atoms with van der Waals surface area (Å²) < 4.78 is 36.5. The smallest absolute Gasteiger partial charge is 0.272 e. The molecule has 5 N–H and O–H groups in total. The number of carbonyl (C=O) groups excluding carboxylic acids is 1. The number of aromatic amines is 1. The van der Waals surface area contributed by atoms with Gasteiger partial charge in [-0.3, -0.25) is 14.2 Å². The van der Waals surface area contributed by atoms with Crippen molar-refractivity contribution in [1.82, 2.24) is 20.1 Å². The van der Waals surface area contributed by atoms with Crippen molar-refractivity contribution in [3.63, 3.8) is 0 Å². The zero-order valence-corrected chi connectivity index (χ0v) is 26.0. The van der Waals surface area contributed by atoms with Gasteiger partial charge in [-0.15, -0.1) is 11.3 Å². The molecule has 3 heterocycles. The number of H-pyrrole nitrogens is 1. The Balaban J connectivity index is 1.18. The van der Waals surface area contributed by atoms with Crippen molar-refractivity contribution in [2.24, 2.45) is 5.73 Å². The van der Waals surface area contributed by atoms with Gasteiger partial charge in [-0.1, -0.05) is 60.1 Å². The molecule has 226 valence electrons. The van der Waals surface area contributed by atoms with Gasteiger partial charge in [0.1, 0.15) is 9.96 Å². The van der Waals surface area contributed by atoms with E-state index in [1.54, 1.807) is 10.7 Å². The van der Waals surface area contributed by atoms with Gasteiger partial charge in [-0.05, 0) is 53.4 Å². The van der Waals surface area contributed by atoms with Crippen LogP contribution in [-0.4, -0.2) is 42.2 Å². The first kappa shape index (κ1) is 29.7. The molecule has 0 saturated carbocycles. The second kappa shape index (κ2) is 12.3. The zero-order valence-electron chi connectivity index (χ0n) is 23.6. The Bertz CT molecular complexity index is 2090. The fourth-order valence-corrected chi connectivity index (χ4v) is 7.63. The topological polar surface area (TPSA) is 144 Å². The van der Waals surface area contributed by atoms with Crippen LogP contribution in [0.5, 0.6) is 5.75 Å². The highest BCUT2D eigenvalue weighted by Gasteiger charge is 2.23. The number of methoxy groups -OCH3 is 1. The average Bonchev–Trinajstić information content (AvgIpc) is 3.74. The Hall–Kier alpha value is -4.36. The van der Waals surface area contributed by atoms with Crippen LogP contribution in [0.25, 0.3) is 21.8 Å². The van der Waals surface area contributed by atoms with Crippen LogP contribution in [0.2, 0.25) is 4.34 Å². The van der Waals surface area contributed by atoms with Crippen molar-refractivity contribution >= 4 is 66.5 Å². The van der Waals surface area contributed by atoms with E-state index < -0.39 is 16.1 Å². The summed E-state index contributed by atoms with van der Waals surface area (Å²) in [7, 11) is -2.40. The zero-order chi connectivity index (χ0) is 30.8. The van der Waals surface area contributed by atoms with E-state index in [0.29, 0.717) is 40.5 Å². The van der Waals surface area contributed by atoms with Crippen molar-refractivity contribution in [3.05, 3.63) is 106 Å². The number of para-hydroxylation sites is 1. The van der Waals surface area contributed by atoms with Crippen LogP contribution < -0.4 is 20.5 Å². The van der Waals surface area contributed by atoms with Gasteiger partial charge in [0.2, 0.25) is 5.91 Å². The van der Waals surface area contributed by atoms with Crippen LogP contribution in [0.1, 0.15) is 16.7 Å². The van der Waals surface area contributed by atoms with E-state index in [-0.39, 0.29) is 15.9 Å². The fourth-order valence-electron chi connectivity index (χ4n) is 5.14. The monoisotopic (exact) mass is 648 g/mol. The van der Waals surface area contributed by atoms with E-state index in [2.05, 4.69) is 20.1 Å². The van der Waals surface area contributed by atoms with E-state index >= 15 is 0 Å². The van der Waals surface area contributed by atoms with Crippen molar-refractivity contribution < 1.29 is 17.9 Å². The SMILES string of the molecule is COc1cccc2c1c(NS(=O)(=O)c1ccc(Cl)s1)nn2Cc1cccc(CNC(=O)[C@@H](N)Cc2c[nH]c3ccccc23)c1. The number of halogens is 1. The molecule has 13 heteroatoms. The number of amides is 1. The summed E-state index contributed by atoms with van der Waals surface area (Å²) >= 11 is 6.94. The number of hydrogen-bond donors (Lipinski definition) is 4. The molecule has 44 heavy (non-hydrogen) atoms. The number of nitrogens with one attached hydrogen (secondary N) is 3. The molecular formula is C31H29ClN6O4S2. The van der Waals surface area contributed by atoms with Crippen molar-refractivity contribution in [2.75, 3.05) is 11.8 Å². The summed E-state index contributed by atoms with van der Waals surface area (Å²) in [5, 5.41) is 9.16. The number of anilines is 1. The van der Waals surface area contributed by atoms with E-state index in [0.717, 1.165) is 38.9 Å². The van der Waals surface area contributed by atoms with Crippen LogP contribution in [0.3, 0.4) is 0 Å². The first-order valence-corrected chi connectivity index (χ1v) is 16.4. The predicted octanol–water partition coefficient (Wildman–Crippen LogP) is 5.28. The van der Waals surface area contributed by atoms with Crippen molar-refractivity contribution in [1.29, 1.82) is 0 Å². The summed E-state index contributed by atoms with van der Waals surface area (Å²) in [6.45, 7) is 0.647. The number of hydrogen-bond acceptors (Lipinski definition) is 7. The number of ether oxygens (including phenoxy) is 1. The molecule has 0 aliphatic rings. The quantitative estimate of drug-likeness (QED) is 0.151. The molecule has 10 nitrogen and oxygen atoms in total. The third-order valence-electron chi connectivity index (χ3n) is 7.25. The maximum absolute atomic E-state index is 13.1. The number of thiophene rings is 1. The van der Waals surface area contributed by atoms with E-state index in [9.17, 15) is 13.2 Å². The lowest BCUT2D eigenvalue weighted by atomic mass is 10.0. The highest BCUT2D eigenvalue weighted by atomic mass is 35.5. The number of nitrogens with two attached hydrogens (primary N) is 1. The van der Waals surface area contributed by atoms with Gasteiger partial charge in [0.15, 0.2) is 5.82 Å². The Labute approximate surface area is 262 Å². The summed E-state index contributed by atoms with van der Waals surface area (Å²) in [4.78, 5) is 16.1. The van der Waals surface area contributed by atoms with Gasteiger partial charge >= 0.3 is 0 Å². The minimum Gasteiger partial charge on any atom is -0.496 e. The van der Waals surface area contributed by atoms with E-state index in [1.165, 1.54) is 19.2 Å². The maximum Gasteiger partial charge on any atom is 0.272 e. The van der Waals surface area contributed by atoms with Crippen molar-refractivity contribution in [2.45, 2.75) is 29.8 Å². The van der Waals surface area contributed by atoms with Crippen LogP contribution in [0, 0.1) is 0 Å². The molecular weight excluding hydrogens is 620 g/mol. The highest BCUT2D eigenvalue weighted by Crippen LogP contribution is 2.35. The third kappa shape index (κ3) is 6.15. The number of benzene rings is 3. The van der Waals surface area contributed by atoms with Gasteiger partial charge in [0.25, 0.3) is 10.0 Å². The second-order valence-electron chi connectivity index (χ2n) is 10.2. The van der Waals surface area contributed by atoms with Crippen LogP contribution in [-0.2, 0) is 34.3 Å². The highest BCUT2D eigenvalue weighted by molar-refractivity contribution is 7.94. The second-order valence-corrected chi connectivity index (χ2v) is 13.9. The minimum atomic E-state index is -3.92. The summed E-state index contributed by atoms with van der Waals surface area (Å²) in [6.07, 6.45) is 2.31. The van der Waals surface area contributed by atoms with Gasteiger partial charge in [0.05, 0.1) is 34.9 Å². The van der Waals surface area contributed by atoms with Gasteiger partial charge in [-0.2, -0.15) is 5.10 Å². The average molecular weight is 649 g/mol. The molecule has 3 aromatic carbocycles. The fraction of sp³-hybridized carbons (Fsp3) is 0.161.